The largest absolute Gasteiger partial charge is 0.497 e. The summed E-state index contributed by atoms with van der Waals surface area (Å²) in [7, 11) is -0.624. The number of fused-ring (bicyclic) bond motifs is 1. The number of quaternary nitrogens is 1. The van der Waals surface area contributed by atoms with Gasteiger partial charge in [0.05, 0.1) is 26.7 Å². The summed E-state index contributed by atoms with van der Waals surface area (Å²) in [5.41, 5.74) is 1.12. The number of methoxy groups -OCH3 is 2. The number of aliphatic imine (C=N–C) groups is 2. The Morgan fingerprint density at radius 1 is 1.03 bits per heavy atom. The number of hydrogen-bond acceptors (Lipinski definition) is 9. The maximum atomic E-state index is 11.8. The molecule has 2 aliphatic heterocycles. The first kappa shape index (κ1) is 20.6. The number of guanidine groups is 1. The van der Waals surface area contributed by atoms with E-state index in [4.69, 9.17) is 18.8 Å². The minimum absolute atomic E-state index is 0.144. The van der Waals surface area contributed by atoms with Crippen molar-refractivity contribution in [3.05, 3.63) is 54.9 Å². The summed E-state index contributed by atoms with van der Waals surface area (Å²) >= 11 is 0. The monoisotopic (exact) mass is 442 g/mol. The minimum atomic E-state index is -3.75. The molecule has 2 aromatic rings. The highest BCUT2D eigenvalue weighted by atomic mass is 32.2. The van der Waals surface area contributed by atoms with Gasteiger partial charge in [0.25, 0.3) is 11.8 Å². The van der Waals surface area contributed by atoms with E-state index in [1.165, 1.54) is 0 Å². The first-order valence-electron chi connectivity index (χ1n) is 9.11. The van der Waals surface area contributed by atoms with Crippen LogP contribution in [0.5, 0.6) is 17.2 Å². The third kappa shape index (κ3) is 4.13. The van der Waals surface area contributed by atoms with E-state index in [1.807, 2.05) is 0 Å². The van der Waals surface area contributed by atoms with Gasteiger partial charge in [-0.2, -0.15) is 13.4 Å². The van der Waals surface area contributed by atoms with E-state index in [2.05, 4.69) is 15.3 Å². The molecule has 0 saturated carbocycles. The van der Waals surface area contributed by atoms with Gasteiger partial charge in [0.2, 0.25) is 11.4 Å². The van der Waals surface area contributed by atoms with E-state index in [-0.39, 0.29) is 16.3 Å². The molecular weight excluding hydrogens is 422 g/mol. The molecule has 160 valence electrons. The molecule has 0 fully saturated rings. The molecule has 11 heteroatoms. The Balaban J connectivity index is 1.77. The van der Waals surface area contributed by atoms with Crippen LogP contribution in [-0.4, -0.2) is 46.9 Å². The molecule has 10 nitrogen and oxygen atoms in total. The Kier molecular flexibility index (Phi) is 5.21. The summed E-state index contributed by atoms with van der Waals surface area (Å²) in [5, 5.41) is 7.85. The second-order valence-electron chi connectivity index (χ2n) is 6.64. The molecule has 0 spiro atoms. The predicted molar refractivity (Wildman–Crippen MR) is 119 cm³/mol. The third-order valence-corrected chi connectivity index (χ3v) is 4.94. The highest BCUT2D eigenvalue weighted by Gasteiger charge is 2.45. The van der Waals surface area contributed by atoms with E-state index in [0.717, 1.165) is 6.26 Å². The van der Waals surface area contributed by atoms with Crippen molar-refractivity contribution in [1.82, 2.24) is 4.59 Å². The second kappa shape index (κ2) is 7.85. The van der Waals surface area contributed by atoms with Crippen molar-refractivity contribution in [3.63, 3.8) is 0 Å². The van der Waals surface area contributed by atoms with Gasteiger partial charge in [-0.05, 0) is 11.2 Å². The topological polar surface area (TPSA) is 111 Å². The molecule has 1 atom stereocenters. The SMILES string of the molecule is COc1cc(NC2=N[N+]3(c4ccccc4OS(C)(=O)=O)C=CN=CC3=N2)cc(OC)c1. The molecule has 0 radical (unpaired) electrons. The Bertz CT molecular complexity index is 1230. The first-order valence-corrected chi connectivity index (χ1v) is 10.9. The van der Waals surface area contributed by atoms with Crippen LogP contribution in [0.4, 0.5) is 11.4 Å². The first-order chi connectivity index (χ1) is 14.8. The fourth-order valence-corrected chi connectivity index (χ4v) is 3.64. The van der Waals surface area contributed by atoms with Gasteiger partial charge in [0, 0.05) is 30.0 Å². The maximum Gasteiger partial charge on any atom is 0.306 e. The van der Waals surface area contributed by atoms with Gasteiger partial charge in [-0.3, -0.25) is 4.99 Å². The van der Waals surface area contributed by atoms with Crippen LogP contribution in [0.15, 0.2) is 70.0 Å². The van der Waals surface area contributed by atoms with Gasteiger partial charge >= 0.3 is 10.1 Å². The van der Waals surface area contributed by atoms with Crippen LogP contribution in [-0.2, 0) is 10.1 Å². The standard InChI is InChI=1S/C20H20N5O5S/c1-28-15-10-14(11-16(12-15)29-2)22-20-23-19-13-21-8-9-25(19,24-20)17-6-4-5-7-18(17)30-31(3,26)27/h4-13H,1-3H3,(H,22,24)/q+1. The van der Waals surface area contributed by atoms with Crippen LogP contribution in [0.25, 0.3) is 0 Å². The molecule has 0 bridgehead atoms. The van der Waals surface area contributed by atoms with Gasteiger partial charge in [0.15, 0.2) is 6.20 Å². The van der Waals surface area contributed by atoms with Crippen LogP contribution in [0.3, 0.4) is 0 Å². The van der Waals surface area contributed by atoms with Crippen molar-refractivity contribution in [2.24, 2.45) is 15.1 Å². The number of benzene rings is 2. The molecule has 4 rings (SSSR count). The lowest BCUT2D eigenvalue weighted by atomic mass is 10.2. The Hall–Kier alpha value is -3.70. The van der Waals surface area contributed by atoms with Crippen LogP contribution in [0.1, 0.15) is 0 Å². The van der Waals surface area contributed by atoms with E-state index >= 15 is 0 Å². The molecule has 0 aromatic heterocycles. The summed E-state index contributed by atoms with van der Waals surface area (Å²) in [5.74, 6) is 2.10. The minimum Gasteiger partial charge on any atom is -0.497 e. The number of nitrogens with zero attached hydrogens (tertiary/aromatic N) is 4. The number of anilines is 1. The zero-order valence-electron chi connectivity index (χ0n) is 17.0. The van der Waals surface area contributed by atoms with Crippen molar-refractivity contribution in [1.29, 1.82) is 0 Å². The summed E-state index contributed by atoms with van der Waals surface area (Å²) < 4.78 is 39.1. The number of hydrogen-bond donors (Lipinski definition) is 1. The summed E-state index contributed by atoms with van der Waals surface area (Å²) in [6.45, 7) is 0. The molecule has 2 aromatic carbocycles. The molecule has 0 amide bonds. The number of rotatable bonds is 6. The zero-order valence-corrected chi connectivity index (χ0v) is 17.8. The summed E-state index contributed by atoms with van der Waals surface area (Å²) in [4.78, 5) is 8.68. The fourth-order valence-electron chi connectivity index (χ4n) is 3.17. The van der Waals surface area contributed by atoms with Gasteiger partial charge in [-0.25, -0.2) is 0 Å². The van der Waals surface area contributed by atoms with Gasteiger partial charge in [0.1, 0.15) is 17.7 Å². The van der Waals surface area contributed by atoms with Crippen molar-refractivity contribution < 1.29 is 22.1 Å². The number of nitrogens with one attached hydrogen (secondary N) is 1. The molecule has 0 aliphatic carbocycles. The molecule has 0 saturated heterocycles. The Labute approximate surface area is 179 Å². The highest BCUT2D eigenvalue weighted by molar-refractivity contribution is 7.86. The quantitative estimate of drug-likeness (QED) is 0.544. The molecule has 1 N–H and O–H groups in total. The van der Waals surface area contributed by atoms with Gasteiger partial charge in [-0.1, -0.05) is 16.7 Å². The number of amidine groups is 1. The maximum absolute atomic E-state index is 11.8. The lowest BCUT2D eigenvalue weighted by Crippen LogP contribution is -2.44. The molecule has 2 heterocycles. The average molecular weight is 442 g/mol. The van der Waals surface area contributed by atoms with Crippen molar-refractivity contribution in [3.8, 4) is 17.2 Å². The second-order valence-corrected chi connectivity index (χ2v) is 8.21. The average Bonchev–Trinajstić information content (AvgIpc) is 3.11. The fraction of sp³-hybridized carbons (Fsp3) is 0.150. The van der Waals surface area contributed by atoms with Crippen LogP contribution in [0.2, 0.25) is 0 Å². The Morgan fingerprint density at radius 2 is 1.74 bits per heavy atom. The Morgan fingerprint density at radius 3 is 2.42 bits per heavy atom. The van der Waals surface area contributed by atoms with Crippen LogP contribution < -0.4 is 23.6 Å². The smallest absolute Gasteiger partial charge is 0.306 e. The lowest BCUT2D eigenvalue weighted by molar-refractivity contribution is 0.395. The normalized spacial score (nSPS) is 19.3. The van der Waals surface area contributed by atoms with E-state index in [0.29, 0.717) is 28.7 Å². The van der Waals surface area contributed by atoms with E-state index in [9.17, 15) is 8.42 Å². The summed E-state index contributed by atoms with van der Waals surface area (Å²) in [6.07, 6.45) is 5.80. The lowest BCUT2D eigenvalue weighted by Gasteiger charge is -2.25. The van der Waals surface area contributed by atoms with E-state index < -0.39 is 10.1 Å². The van der Waals surface area contributed by atoms with Gasteiger partial charge < -0.3 is 19.0 Å². The van der Waals surface area contributed by atoms with Crippen LogP contribution >= 0.6 is 0 Å². The van der Waals surface area contributed by atoms with Crippen molar-refractivity contribution in [2.45, 2.75) is 0 Å². The number of para-hydroxylation sites is 2. The molecule has 31 heavy (non-hydrogen) atoms. The molecule has 2 aliphatic rings. The van der Waals surface area contributed by atoms with Crippen molar-refractivity contribution in [2.75, 3.05) is 25.8 Å². The molecular formula is C20H20N5O5S+. The molecule has 1 unspecified atom stereocenters. The number of ether oxygens (including phenoxy) is 2. The van der Waals surface area contributed by atoms with E-state index in [1.54, 1.807) is 75.3 Å². The zero-order chi connectivity index (χ0) is 22.1. The van der Waals surface area contributed by atoms with Crippen LogP contribution in [0, 0.1) is 0 Å². The third-order valence-electron chi connectivity index (χ3n) is 4.46. The predicted octanol–water partition coefficient (Wildman–Crippen LogP) is 2.70. The summed E-state index contributed by atoms with van der Waals surface area (Å²) in [6, 6.07) is 12.0. The van der Waals surface area contributed by atoms with Crippen molar-refractivity contribution >= 4 is 39.5 Å². The van der Waals surface area contributed by atoms with Gasteiger partial charge in [-0.15, -0.1) is 0 Å². The highest BCUT2D eigenvalue weighted by Crippen LogP contribution is 2.39.